The van der Waals surface area contributed by atoms with Crippen LogP contribution in [0, 0.1) is 5.92 Å². The lowest BCUT2D eigenvalue weighted by molar-refractivity contribution is -0.132. The summed E-state index contributed by atoms with van der Waals surface area (Å²) >= 11 is 1.53. The highest BCUT2D eigenvalue weighted by molar-refractivity contribution is 7.09. The number of amides is 2. The molecular weight excluding hydrogens is 334 g/mol. The summed E-state index contributed by atoms with van der Waals surface area (Å²) in [6.45, 7) is 4.70. The van der Waals surface area contributed by atoms with Crippen molar-refractivity contribution < 1.29 is 9.59 Å². The molecule has 1 fully saturated rings. The summed E-state index contributed by atoms with van der Waals surface area (Å²) in [6, 6.07) is 9.64. The number of benzene rings is 1. The zero-order valence-electron chi connectivity index (χ0n) is 13.9. The maximum Gasteiger partial charge on any atom is 0.245 e. The molecule has 1 saturated heterocycles. The Morgan fingerprint density at radius 1 is 1.28 bits per heavy atom. The molecule has 0 radical (unpaired) electrons. The number of piperidine rings is 1. The first kappa shape index (κ1) is 17.4. The van der Waals surface area contributed by atoms with Gasteiger partial charge in [0, 0.05) is 30.6 Å². The maximum atomic E-state index is 12.8. The van der Waals surface area contributed by atoms with Crippen molar-refractivity contribution in [2.24, 2.45) is 5.92 Å². The van der Waals surface area contributed by atoms with E-state index in [-0.39, 0.29) is 23.8 Å². The van der Waals surface area contributed by atoms with Gasteiger partial charge in [0.1, 0.15) is 11.0 Å². The van der Waals surface area contributed by atoms with Crippen LogP contribution in [0.4, 0.5) is 0 Å². The summed E-state index contributed by atoms with van der Waals surface area (Å²) in [6.07, 6.45) is 4.42. The molecule has 0 spiro atoms. The van der Waals surface area contributed by atoms with Crippen LogP contribution >= 0.6 is 11.3 Å². The Morgan fingerprint density at radius 3 is 2.60 bits per heavy atom. The van der Waals surface area contributed by atoms with E-state index in [4.69, 9.17) is 0 Å². The fourth-order valence-electron chi connectivity index (χ4n) is 3.06. The Bertz CT molecular complexity index is 722. The van der Waals surface area contributed by atoms with Gasteiger partial charge in [-0.25, -0.2) is 4.98 Å². The summed E-state index contributed by atoms with van der Waals surface area (Å²) < 4.78 is 0. The Balaban J connectivity index is 1.68. The van der Waals surface area contributed by atoms with E-state index in [1.807, 2.05) is 35.7 Å². The minimum Gasteiger partial charge on any atom is -0.342 e. The second-order valence-electron chi connectivity index (χ2n) is 6.03. The third-order valence-electron chi connectivity index (χ3n) is 4.47. The average Bonchev–Trinajstić information content (AvgIpc) is 3.20. The van der Waals surface area contributed by atoms with Crippen molar-refractivity contribution in [3.05, 3.63) is 65.1 Å². The Hall–Kier alpha value is -2.47. The molecule has 2 heterocycles. The molecule has 6 heteroatoms. The molecule has 130 valence electrons. The zero-order chi connectivity index (χ0) is 17.6. The van der Waals surface area contributed by atoms with E-state index >= 15 is 0 Å². The topological polar surface area (TPSA) is 62.3 Å². The number of thiazole rings is 1. The predicted octanol–water partition coefficient (Wildman–Crippen LogP) is 2.77. The molecule has 1 unspecified atom stereocenters. The number of hydrogen-bond acceptors (Lipinski definition) is 4. The summed E-state index contributed by atoms with van der Waals surface area (Å²) in [5.41, 5.74) is 1.02. The number of aromatic nitrogens is 1. The molecule has 1 N–H and O–H groups in total. The van der Waals surface area contributed by atoms with Crippen molar-refractivity contribution in [1.29, 1.82) is 0 Å². The normalized spacial score (nSPS) is 16.2. The van der Waals surface area contributed by atoms with Crippen LogP contribution in [0.1, 0.15) is 29.5 Å². The average molecular weight is 355 g/mol. The van der Waals surface area contributed by atoms with Gasteiger partial charge in [-0.3, -0.25) is 9.59 Å². The number of nitrogens with zero attached hydrogens (tertiary/aromatic N) is 2. The van der Waals surface area contributed by atoms with E-state index in [0.717, 1.165) is 10.6 Å². The molecule has 3 rings (SSSR count). The number of carbonyl (C=O) groups is 2. The third-order valence-corrected chi connectivity index (χ3v) is 5.31. The molecule has 1 aliphatic heterocycles. The summed E-state index contributed by atoms with van der Waals surface area (Å²) in [4.78, 5) is 30.5. The fraction of sp³-hybridized carbons (Fsp3) is 0.316. The van der Waals surface area contributed by atoms with Crippen LogP contribution < -0.4 is 5.32 Å². The van der Waals surface area contributed by atoms with Crippen molar-refractivity contribution >= 4 is 23.2 Å². The molecule has 2 amide bonds. The number of hydrogen-bond donors (Lipinski definition) is 1. The second kappa shape index (κ2) is 8.07. The highest BCUT2D eigenvalue weighted by Crippen LogP contribution is 2.25. The van der Waals surface area contributed by atoms with E-state index < -0.39 is 0 Å². The third kappa shape index (κ3) is 4.14. The SMILES string of the molecule is C=CC(=O)N1CCC(C(=O)NC(c2ccccc2)c2nccs2)CC1. The highest BCUT2D eigenvalue weighted by Gasteiger charge is 2.29. The van der Waals surface area contributed by atoms with Crippen LogP contribution in [0.3, 0.4) is 0 Å². The van der Waals surface area contributed by atoms with Gasteiger partial charge in [-0.2, -0.15) is 0 Å². The molecule has 1 aromatic heterocycles. The molecule has 0 aliphatic carbocycles. The van der Waals surface area contributed by atoms with Crippen molar-refractivity contribution in [3.63, 3.8) is 0 Å². The lowest BCUT2D eigenvalue weighted by Crippen LogP contribution is -2.43. The van der Waals surface area contributed by atoms with Gasteiger partial charge in [0.2, 0.25) is 11.8 Å². The number of carbonyl (C=O) groups excluding carboxylic acids is 2. The van der Waals surface area contributed by atoms with Gasteiger partial charge in [-0.05, 0) is 24.5 Å². The molecule has 1 atom stereocenters. The number of likely N-dealkylation sites (tertiary alicyclic amines) is 1. The molecule has 5 nitrogen and oxygen atoms in total. The predicted molar refractivity (Wildman–Crippen MR) is 98.0 cm³/mol. The van der Waals surface area contributed by atoms with Gasteiger partial charge in [0.25, 0.3) is 0 Å². The first-order valence-corrected chi connectivity index (χ1v) is 9.23. The minimum atomic E-state index is -0.235. The van der Waals surface area contributed by atoms with Crippen LogP contribution in [0.25, 0.3) is 0 Å². The van der Waals surface area contributed by atoms with Crippen LogP contribution in [0.5, 0.6) is 0 Å². The second-order valence-corrected chi connectivity index (χ2v) is 6.95. The minimum absolute atomic E-state index is 0.0229. The van der Waals surface area contributed by atoms with Crippen molar-refractivity contribution in [2.45, 2.75) is 18.9 Å². The van der Waals surface area contributed by atoms with Crippen LogP contribution in [0.15, 0.2) is 54.6 Å². The number of rotatable bonds is 5. The van der Waals surface area contributed by atoms with Crippen LogP contribution in [-0.4, -0.2) is 34.8 Å². The summed E-state index contributed by atoms with van der Waals surface area (Å²) in [7, 11) is 0. The molecule has 25 heavy (non-hydrogen) atoms. The Morgan fingerprint density at radius 2 is 2.00 bits per heavy atom. The zero-order valence-corrected chi connectivity index (χ0v) is 14.7. The van der Waals surface area contributed by atoms with E-state index in [1.54, 1.807) is 11.1 Å². The Labute approximate surface area is 151 Å². The summed E-state index contributed by atoms with van der Waals surface area (Å²) in [5.74, 6) is -0.126. The van der Waals surface area contributed by atoms with E-state index in [0.29, 0.717) is 25.9 Å². The molecule has 2 aromatic rings. The van der Waals surface area contributed by atoms with Gasteiger partial charge in [0.15, 0.2) is 0 Å². The maximum absolute atomic E-state index is 12.8. The fourth-order valence-corrected chi connectivity index (χ4v) is 3.78. The van der Waals surface area contributed by atoms with E-state index in [1.165, 1.54) is 17.4 Å². The quantitative estimate of drug-likeness (QED) is 0.839. The first-order valence-electron chi connectivity index (χ1n) is 8.35. The van der Waals surface area contributed by atoms with Gasteiger partial charge in [0.05, 0.1) is 0 Å². The van der Waals surface area contributed by atoms with Gasteiger partial charge in [-0.1, -0.05) is 36.9 Å². The van der Waals surface area contributed by atoms with Gasteiger partial charge in [-0.15, -0.1) is 11.3 Å². The van der Waals surface area contributed by atoms with Gasteiger partial charge < -0.3 is 10.2 Å². The first-order chi connectivity index (χ1) is 12.2. The largest absolute Gasteiger partial charge is 0.342 e. The van der Waals surface area contributed by atoms with Crippen LogP contribution in [-0.2, 0) is 9.59 Å². The molecular formula is C19H21N3O2S. The van der Waals surface area contributed by atoms with Crippen molar-refractivity contribution in [1.82, 2.24) is 15.2 Å². The lowest BCUT2D eigenvalue weighted by atomic mass is 9.95. The van der Waals surface area contributed by atoms with E-state index in [9.17, 15) is 9.59 Å². The van der Waals surface area contributed by atoms with E-state index in [2.05, 4.69) is 16.9 Å². The standard InChI is InChI=1S/C19H21N3O2S/c1-2-16(23)22-11-8-15(9-12-22)18(24)21-17(19-20-10-13-25-19)14-6-4-3-5-7-14/h2-7,10,13,15,17H,1,8-9,11-12H2,(H,21,24). The monoisotopic (exact) mass is 355 g/mol. The Kier molecular flexibility index (Phi) is 5.60. The lowest BCUT2D eigenvalue weighted by Gasteiger charge is -2.31. The molecule has 1 aromatic carbocycles. The highest BCUT2D eigenvalue weighted by atomic mass is 32.1. The van der Waals surface area contributed by atoms with Crippen molar-refractivity contribution in [3.8, 4) is 0 Å². The molecule has 0 bridgehead atoms. The summed E-state index contributed by atoms with van der Waals surface area (Å²) in [5, 5.41) is 5.94. The smallest absolute Gasteiger partial charge is 0.245 e. The number of nitrogens with one attached hydrogen (secondary N) is 1. The van der Waals surface area contributed by atoms with Gasteiger partial charge >= 0.3 is 0 Å². The molecule has 1 aliphatic rings. The van der Waals surface area contributed by atoms with Crippen molar-refractivity contribution in [2.75, 3.05) is 13.1 Å². The molecule has 0 saturated carbocycles. The van der Waals surface area contributed by atoms with Crippen LogP contribution in [0.2, 0.25) is 0 Å².